The lowest BCUT2D eigenvalue weighted by atomic mass is 9.91. The molecule has 2 aliphatic rings. The second-order valence-electron chi connectivity index (χ2n) is 7.75. The van der Waals surface area contributed by atoms with Gasteiger partial charge >= 0.3 is 0 Å². The Labute approximate surface area is 168 Å². The van der Waals surface area contributed by atoms with E-state index < -0.39 is 0 Å². The molecule has 0 saturated heterocycles. The topological polar surface area (TPSA) is 18.8 Å². The fourth-order valence-electron chi connectivity index (χ4n) is 4.18. The first-order chi connectivity index (χ1) is 12.6. The van der Waals surface area contributed by atoms with Crippen molar-refractivity contribution in [3.63, 3.8) is 0 Å². The molecule has 3 nitrogen and oxygen atoms in total. The van der Waals surface area contributed by atoms with Crippen molar-refractivity contribution in [2.45, 2.75) is 83.2 Å². The molecule has 0 aromatic heterocycles. The van der Waals surface area contributed by atoms with Gasteiger partial charge in [0, 0.05) is 36.3 Å². The summed E-state index contributed by atoms with van der Waals surface area (Å²) in [6, 6.07) is 7.32. The van der Waals surface area contributed by atoms with Crippen LogP contribution >= 0.6 is 23.7 Å². The Morgan fingerprint density at radius 2 is 1.58 bits per heavy atom. The van der Waals surface area contributed by atoms with E-state index in [0.29, 0.717) is 0 Å². The monoisotopic (exact) mass is 393 g/mol. The first-order valence-electron chi connectivity index (χ1n) is 10.1. The van der Waals surface area contributed by atoms with Gasteiger partial charge in [0.1, 0.15) is 6.34 Å². The van der Waals surface area contributed by atoms with E-state index in [0.717, 1.165) is 28.4 Å². The Balaban J connectivity index is 1.65. The molecular formula is C21H32ClN3S. The van der Waals surface area contributed by atoms with E-state index in [4.69, 9.17) is 11.6 Å². The molecule has 0 bridgehead atoms. The van der Waals surface area contributed by atoms with Crippen LogP contribution < -0.4 is 0 Å². The van der Waals surface area contributed by atoms with Gasteiger partial charge in [-0.05, 0) is 56.4 Å². The number of hydrogen-bond donors (Lipinski definition) is 0. The minimum Gasteiger partial charge on any atom is -0.297 e. The van der Waals surface area contributed by atoms with Crippen molar-refractivity contribution in [2.75, 3.05) is 7.05 Å². The average Bonchev–Trinajstić information content (AvgIpc) is 2.67. The largest absolute Gasteiger partial charge is 0.297 e. The molecule has 2 fully saturated rings. The summed E-state index contributed by atoms with van der Waals surface area (Å²) in [5.74, 6) is 0. The van der Waals surface area contributed by atoms with Gasteiger partial charge in [0.05, 0.1) is 5.69 Å². The first kappa shape index (κ1) is 20.0. The molecule has 144 valence electrons. The van der Waals surface area contributed by atoms with Crippen molar-refractivity contribution >= 4 is 35.8 Å². The molecule has 0 N–H and O–H groups in total. The molecule has 0 spiro atoms. The third-order valence-electron chi connectivity index (χ3n) is 5.61. The van der Waals surface area contributed by atoms with Crippen LogP contribution in [0.2, 0.25) is 5.02 Å². The number of aryl methyl sites for hydroxylation is 1. The minimum atomic E-state index is 0.727. The van der Waals surface area contributed by atoms with Crippen LogP contribution in [0, 0.1) is 6.92 Å². The fourth-order valence-corrected chi connectivity index (χ4v) is 5.48. The number of benzene rings is 1. The third-order valence-corrected chi connectivity index (χ3v) is 6.98. The fraction of sp³-hybridized carbons (Fsp3) is 0.667. The van der Waals surface area contributed by atoms with Gasteiger partial charge in [0.15, 0.2) is 0 Å². The van der Waals surface area contributed by atoms with Gasteiger partial charge in [-0.15, -0.1) is 0 Å². The Morgan fingerprint density at radius 3 is 2.12 bits per heavy atom. The van der Waals surface area contributed by atoms with E-state index in [-0.39, 0.29) is 0 Å². The molecule has 1 aromatic carbocycles. The smallest absolute Gasteiger partial charge is 0.102 e. The van der Waals surface area contributed by atoms with Crippen LogP contribution in [0.25, 0.3) is 0 Å². The SMILES string of the molecule is Cc1cc(Cl)ccc1N=CN(C)SN(C1CCCCC1)C1CCCCC1. The second-order valence-corrected chi connectivity index (χ2v) is 9.34. The van der Waals surface area contributed by atoms with Crippen LogP contribution in [-0.4, -0.2) is 34.1 Å². The summed E-state index contributed by atoms with van der Waals surface area (Å²) in [5, 5.41) is 0.768. The summed E-state index contributed by atoms with van der Waals surface area (Å²) in [6.45, 7) is 2.06. The molecule has 0 heterocycles. The van der Waals surface area contributed by atoms with E-state index in [9.17, 15) is 0 Å². The minimum absolute atomic E-state index is 0.727. The third kappa shape index (κ3) is 5.64. The Bertz CT molecular complexity index is 577. The highest BCUT2D eigenvalue weighted by Gasteiger charge is 2.30. The lowest BCUT2D eigenvalue weighted by Crippen LogP contribution is -2.42. The highest BCUT2D eigenvalue weighted by atomic mass is 35.5. The first-order valence-corrected chi connectivity index (χ1v) is 11.2. The molecule has 0 amide bonds. The van der Waals surface area contributed by atoms with Crippen molar-refractivity contribution in [1.82, 2.24) is 8.61 Å². The van der Waals surface area contributed by atoms with Gasteiger partial charge in [-0.3, -0.25) is 4.31 Å². The molecule has 3 rings (SSSR count). The van der Waals surface area contributed by atoms with Crippen molar-refractivity contribution in [3.8, 4) is 0 Å². The van der Waals surface area contributed by atoms with Crippen molar-refractivity contribution in [3.05, 3.63) is 28.8 Å². The van der Waals surface area contributed by atoms with Crippen LogP contribution in [0.5, 0.6) is 0 Å². The molecule has 5 heteroatoms. The maximum atomic E-state index is 6.05. The summed E-state index contributed by atoms with van der Waals surface area (Å²) < 4.78 is 4.90. The summed E-state index contributed by atoms with van der Waals surface area (Å²) in [7, 11) is 2.12. The summed E-state index contributed by atoms with van der Waals surface area (Å²) >= 11 is 7.92. The molecule has 2 saturated carbocycles. The van der Waals surface area contributed by atoms with Gasteiger partial charge in [-0.1, -0.05) is 50.1 Å². The molecule has 26 heavy (non-hydrogen) atoms. The van der Waals surface area contributed by atoms with Crippen LogP contribution in [0.4, 0.5) is 5.69 Å². The van der Waals surface area contributed by atoms with Gasteiger partial charge in [-0.2, -0.15) is 0 Å². The van der Waals surface area contributed by atoms with Crippen LogP contribution in [0.3, 0.4) is 0 Å². The second kappa shape index (κ2) is 10.0. The number of aliphatic imine (C=N–C) groups is 1. The highest BCUT2D eigenvalue weighted by molar-refractivity contribution is 7.95. The van der Waals surface area contributed by atoms with E-state index in [1.54, 1.807) is 0 Å². The number of hydrogen-bond acceptors (Lipinski definition) is 3. The van der Waals surface area contributed by atoms with Gasteiger partial charge < -0.3 is 0 Å². The number of nitrogens with zero attached hydrogens (tertiary/aromatic N) is 3. The van der Waals surface area contributed by atoms with Crippen molar-refractivity contribution in [2.24, 2.45) is 4.99 Å². The molecule has 0 unspecified atom stereocenters. The lowest BCUT2D eigenvalue weighted by Gasteiger charge is -2.41. The molecular weight excluding hydrogens is 362 g/mol. The Kier molecular flexibility index (Phi) is 7.71. The normalized spacial score (nSPS) is 20.2. The quantitative estimate of drug-likeness (QED) is 0.302. The predicted molar refractivity (Wildman–Crippen MR) is 115 cm³/mol. The maximum absolute atomic E-state index is 6.05. The standard InChI is InChI=1S/C21H32ClN3S/c1-17-15-18(22)13-14-21(17)23-16-24(2)26-25(19-9-5-3-6-10-19)20-11-7-4-8-12-20/h13-16,19-20H,3-12H2,1-2H3. The van der Waals surface area contributed by atoms with E-state index in [1.807, 2.05) is 36.7 Å². The zero-order valence-electron chi connectivity index (χ0n) is 16.2. The maximum Gasteiger partial charge on any atom is 0.102 e. The average molecular weight is 394 g/mol. The highest BCUT2D eigenvalue weighted by Crippen LogP contribution is 2.35. The Hall–Kier alpha value is -0.710. The van der Waals surface area contributed by atoms with E-state index in [2.05, 4.69) is 27.6 Å². The van der Waals surface area contributed by atoms with Crippen LogP contribution in [0.1, 0.15) is 69.8 Å². The zero-order valence-corrected chi connectivity index (χ0v) is 17.7. The van der Waals surface area contributed by atoms with E-state index >= 15 is 0 Å². The van der Waals surface area contributed by atoms with E-state index in [1.165, 1.54) is 64.2 Å². The number of halogens is 1. The van der Waals surface area contributed by atoms with Gasteiger partial charge in [-0.25, -0.2) is 9.30 Å². The molecule has 0 radical (unpaired) electrons. The molecule has 0 atom stereocenters. The lowest BCUT2D eigenvalue weighted by molar-refractivity contribution is 0.182. The van der Waals surface area contributed by atoms with Crippen LogP contribution in [-0.2, 0) is 0 Å². The Morgan fingerprint density at radius 1 is 1.00 bits per heavy atom. The predicted octanol–water partition coefficient (Wildman–Crippen LogP) is 6.77. The molecule has 1 aromatic rings. The van der Waals surface area contributed by atoms with Crippen molar-refractivity contribution < 1.29 is 0 Å². The molecule has 2 aliphatic carbocycles. The summed E-state index contributed by atoms with van der Waals surface area (Å²) in [4.78, 5) is 4.68. The number of rotatable bonds is 6. The molecule has 0 aliphatic heterocycles. The summed E-state index contributed by atoms with van der Waals surface area (Å²) in [5.41, 5.74) is 2.10. The zero-order chi connectivity index (χ0) is 18.4. The van der Waals surface area contributed by atoms with Crippen molar-refractivity contribution in [1.29, 1.82) is 0 Å². The van der Waals surface area contributed by atoms with Gasteiger partial charge in [0.2, 0.25) is 0 Å². The summed E-state index contributed by atoms with van der Waals surface area (Å²) in [6.07, 6.45) is 15.7. The van der Waals surface area contributed by atoms with Gasteiger partial charge in [0.25, 0.3) is 0 Å². The van der Waals surface area contributed by atoms with Crippen LogP contribution in [0.15, 0.2) is 23.2 Å².